The van der Waals surface area contributed by atoms with Crippen molar-refractivity contribution in [3.05, 3.63) is 0 Å². The van der Waals surface area contributed by atoms with E-state index >= 15 is 0 Å². The molecule has 0 N–H and O–H groups in total. The molecule has 2 aliphatic rings. The van der Waals surface area contributed by atoms with Gasteiger partial charge in [-0.1, -0.05) is 19.3 Å². The van der Waals surface area contributed by atoms with Crippen molar-refractivity contribution >= 4 is 5.97 Å². The third-order valence-electron chi connectivity index (χ3n) is 5.13. The van der Waals surface area contributed by atoms with Crippen molar-refractivity contribution in [2.45, 2.75) is 63.8 Å². The van der Waals surface area contributed by atoms with E-state index in [2.05, 4.69) is 11.9 Å². The van der Waals surface area contributed by atoms with Crippen LogP contribution in [0.5, 0.6) is 0 Å². The molecule has 0 amide bonds. The maximum atomic E-state index is 11.5. The SMILES string of the molecule is COC(=O)C1CCC(N(C)CC2CCCCC2)CC1. The summed E-state index contributed by atoms with van der Waals surface area (Å²) in [4.78, 5) is 14.1. The van der Waals surface area contributed by atoms with E-state index in [-0.39, 0.29) is 11.9 Å². The third kappa shape index (κ3) is 4.20. The molecule has 2 aliphatic carbocycles. The van der Waals surface area contributed by atoms with Gasteiger partial charge in [-0.15, -0.1) is 0 Å². The summed E-state index contributed by atoms with van der Waals surface area (Å²) in [5, 5.41) is 0. The lowest BCUT2D eigenvalue weighted by molar-refractivity contribution is -0.146. The summed E-state index contributed by atoms with van der Waals surface area (Å²) >= 11 is 0. The molecule has 0 aromatic carbocycles. The maximum Gasteiger partial charge on any atom is 0.308 e. The van der Waals surface area contributed by atoms with Gasteiger partial charge in [0.2, 0.25) is 0 Å². The summed E-state index contributed by atoms with van der Waals surface area (Å²) in [6.07, 6.45) is 11.4. The summed E-state index contributed by atoms with van der Waals surface area (Å²) in [5.41, 5.74) is 0. The molecule has 0 heterocycles. The quantitative estimate of drug-likeness (QED) is 0.732. The normalized spacial score (nSPS) is 29.4. The topological polar surface area (TPSA) is 29.5 Å². The number of hydrogen-bond acceptors (Lipinski definition) is 3. The van der Waals surface area contributed by atoms with Crippen LogP contribution in [0.1, 0.15) is 57.8 Å². The number of ether oxygens (including phenoxy) is 1. The van der Waals surface area contributed by atoms with E-state index < -0.39 is 0 Å². The Labute approximate surface area is 117 Å². The first-order chi connectivity index (χ1) is 9.20. The van der Waals surface area contributed by atoms with E-state index in [9.17, 15) is 4.79 Å². The number of esters is 1. The number of nitrogens with zero attached hydrogens (tertiary/aromatic N) is 1. The molecule has 19 heavy (non-hydrogen) atoms. The minimum Gasteiger partial charge on any atom is -0.469 e. The predicted molar refractivity (Wildman–Crippen MR) is 77.0 cm³/mol. The van der Waals surface area contributed by atoms with Crippen LogP contribution in [0.2, 0.25) is 0 Å². The number of carbonyl (C=O) groups excluding carboxylic acids is 1. The second kappa shape index (κ2) is 7.28. The van der Waals surface area contributed by atoms with Gasteiger partial charge in [-0.25, -0.2) is 0 Å². The summed E-state index contributed by atoms with van der Waals surface area (Å²) in [6.45, 7) is 1.26. The van der Waals surface area contributed by atoms with E-state index in [0.717, 1.165) is 31.6 Å². The number of carbonyl (C=O) groups is 1. The van der Waals surface area contributed by atoms with Crippen molar-refractivity contribution in [3.63, 3.8) is 0 Å². The molecule has 2 fully saturated rings. The van der Waals surface area contributed by atoms with Crippen molar-refractivity contribution < 1.29 is 9.53 Å². The van der Waals surface area contributed by atoms with Crippen LogP contribution in [0.3, 0.4) is 0 Å². The number of hydrogen-bond donors (Lipinski definition) is 0. The summed E-state index contributed by atoms with van der Waals surface area (Å²) in [5.74, 6) is 1.06. The van der Waals surface area contributed by atoms with Gasteiger partial charge in [0.1, 0.15) is 0 Å². The van der Waals surface area contributed by atoms with E-state index in [1.807, 2.05) is 0 Å². The highest BCUT2D eigenvalue weighted by Gasteiger charge is 2.29. The molecular formula is C16H29NO2. The summed E-state index contributed by atoms with van der Waals surface area (Å²) < 4.78 is 4.85. The Bertz CT molecular complexity index is 278. The Hall–Kier alpha value is -0.570. The fourth-order valence-corrected chi connectivity index (χ4v) is 3.85. The summed E-state index contributed by atoms with van der Waals surface area (Å²) in [7, 11) is 3.78. The molecule has 0 saturated heterocycles. The van der Waals surface area contributed by atoms with E-state index in [0.29, 0.717) is 6.04 Å². The average Bonchev–Trinajstić information content (AvgIpc) is 2.47. The molecule has 110 valence electrons. The van der Waals surface area contributed by atoms with Crippen LogP contribution in [0, 0.1) is 11.8 Å². The van der Waals surface area contributed by atoms with Gasteiger partial charge < -0.3 is 9.64 Å². The number of methoxy groups -OCH3 is 1. The molecule has 3 nitrogen and oxygen atoms in total. The molecule has 0 aromatic heterocycles. The standard InChI is InChI=1S/C16H29NO2/c1-17(12-13-6-4-3-5-7-13)15-10-8-14(9-11-15)16(18)19-2/h13-15H,3-12H2,1-2H3. The minimum absolute atomic E-state index is 0.00613. The molecule has 3 heteroatoms. The van der Waals surface area contributed by atoms with Gasteiger partial charge >= 0.3 is 5.97 Å². The van der Waals surface area contributed by atoms with Gasteiger partial charge in [-0.3, -0.25) is 4.79 Å². The van der Waals surface area contributed by atoms with Crippen molar-refractivity contribution in [2.24, 2.45) is 11.8 Å². The van der Waals surface area contributed by atoms with Crippen molar-refractivity contribution in [2.75, 3.05) is 20.7 Å². The number of rotatable bonds is 4. The molecule has 0 atom stereocenters. The first-order valence-corrected chi connectivity index (χ1v) is 7.98. The highest BCUT2D eigenvalue weighted by Crippen LogP contribution is 2.30. The highest BCUT2D eigenvalue weighted by atomic mass is 16.5. The zero-order chi connectivity index (χ0) is 13.7. The van der Waals surface area contributed by atoms with Gasteiger partial charge in [-0.05, 0) is 51.5 Å². The maximum absolute atomic E-state index is 11.5. The highest BCUT2D eigenvalue weighted by molar-refractivity contribution is 5.72. The lowest BCUT2D eigenvalue weighted by Gasteiger charge is -2.36. The van der Waals surface area contributed by atoms with Crippen molar-refractivity contribution in [3.8, 4) is 0 Å². The molecule has 0 bridgehead atoms. The molecule has 0 aromatic rings. The van der Waals surface area contributed by atoms with Gasteiger partial charge in [0.25, 0.3) is 0 Å². The lowest BCUT2D eigenvalue weighted by Crippen LogP contribution is -2.39. The zero-order valence-electron chi connectivity index (χ0n) is 12.6. The minimum atomic E-state index is -0.00613. The zero-order valence-corrected chi connectivity index (χ0v) is 12.6. The second-order valence-corrected chi connectivity index (χ2v) is 6.47. The van der Waals surface area contributed by atoms with Crippen LogP contribution in [0.15, 0.2) is 0 Å². The predicted octanol–water partition coefficient (Wildman–Crippen LogP) is 3.23. The average molecular weight is 267 g/mol. The van der Waals surface area contributed by atoms with Crippen LogP contribution in [-0.4, -0.2) is 37.6 Å². The van der Waals surface area contributed by atoms with Gasteiger partial charge in [0, 0.05) is 12.6 Å². The first-order valence-electron chi connectivity index (χ1n) is 7.98. The fourth-order valence-electron chi connectivity index (χ4n) is 3.85. The van der Waals surface area contributed by atoms with Crippen LogP contribution >= 0.6 is 0 Å². The molecular weight excluding hydrogens is 238 g/mol. The Morgan fingerprint density at radius 1 is 1.05 bits per heavy atom. The van der Waals surface area contributed by atoms with Crippen molar-refractivity contribution in [1.82, 2.24) is 4.90 Å². The molecule has 0 spiro atoms. The fraction of sp³-hybridized carbons (Fsp3) is 0.938. The van der Waals surface area contributed by atoms with Crippen LogP contribution < -0.4 is 0 Å². The first kappa shape index (κ1) is 14.8. The molecule has 2 rings (SSSR count). The second-order valence-electron chi connectivity index (χ2n) is 6.47. The third-order valence-corrected chi connectivity index (χ3v) is 5.13. The Balaban J connectivity index is 1.72. The monoisotopic (exact) mass is 267 g/mol. The van der Waals surface area contributed by atoms with Gasteiger partial charge in [-0.2, -0.15) is 0 Å². The van der Waals surface area contributed by atoms with E-state index in [1.54, 1.807) is 0 Å². The largest absolute Gasteiger partial charge is 0.469 e. The smallest absolute Gasteiger partial charge is 0.308 e. The van der Waals surface area contributed by atoms with Gasteiger partial charge in [0.05, 0.1) is 13.0 Å². The Morgan fingerprint density at radius 2 is 1.68 bits per heavy atom. The van der Waals surface area contributed by atoms with Crippen LogP contribution in [0.4, 0.5) is 0 Å². The van der Waals surface area contributed by atoms with Crippen LogP contribution in [-0.2, 0) is 9.53 Å². The molecule has 2 saturated carbocycles. The molecule has 0 radical (unpaired) electrons. The summed E-state index contributed by atoms with van der Waals surface area (Å²) in [6, 6.07) is 0.683. The Morgan fingerprint density at radius 3 is 2.26 bits per heavy atom. The van der Waals surface area contributed by atoms with Crippen LogP contribution in [0.25, 0.3) is 0 Å². The van der Waals surface area contributed by atoms with Gasteiger partial charge in [0.15, 0.2) is 0 Å². The molecule has 0 unspecified atom stereocenters. The molecule has 0 aliphatic heterocycles. The van der Waals surface area contributed by atoms with E-state index in [1.165, 1.54) is 45.8 Å². The lowest BCUT2D eigenvalue weighted by atomic mass is 9.84. The Kier molecular flexibility index (Phi) is 5.68. The van der Waals surface area contributed by atoms with E-state index in [4.69, 9.17) is 4.74 Å². The van der Waals surface area contributed by atoms with Crippen molar-refractivity contribution in [1.29, 1.82) is 0 Å².